The maximum absolute atomic E-state index is 13.8. The molecule has 0 spiro atoms. The normalized spacial score (nSPS) is 30.2. The molecule has 114 valence electrons. The topological polar surface area (TPSA) is 29.5 Å². The van der Waals surface area contributed by atoms with Crippen LogP contribution in [-0.2, 0) is 11.3 Å². The minimum atomic E-state index is -2.67. The molecule has 1 aliphatic heterocycles. The van der Waals surface area contributed by atoms with Gasteiger partial charge in [-0.2, -0.15) is 0 Å². The summed E-state index contributed by atoms with van der Waals surface area (Å²) in [5.74, 6) is -3.43. The number of rotatable bonds is 2. The summed E-state index contributed by atoms with van der Waals surface area (Å²) in [4.78, 5) is 13.5. The average Bonchev–Trinajstić information content (AvgIpc) is 2.93. The van der Waals surface area contributed by atoms with Crippen LogP contribution in [-0.4, -0.2) is 33.4 Å². The Morgan fingerprint density at radius 2 is 2.05 bits per heavy atom. The van der Waals surface area contributed by atoms with Crippen LogP contribution in [0, 0.1) is 5.92 Å². The van der Waals surface area contributed by atoms with Gasteiger partial charge in [0, 0.05) is 19.5 Å². The number of likely N-dealkylation sites (tertiary alicyclic amines) is 1. The van der Waals surface area contributed by atoms with E-state index in [0.29, 0.717) is 13.0 Å². The zero-order chi connectivity index (χ0) is 15.1. The molecular weight excluding hydrogens is 391 g/mol. The molecule has 6 heteroatoms. The summed E-state index contributed by atoms with van der Waals surface area (Å²) < 4.78 is 32.4. The number of halogens is 3. The van der Waals surface area contributed by atoms with Gasteiger partial charge in [0.05, 0.1) is 9.34 Å². The highest BCUT2D eigenvalue weighted by molar-refractivity contribution is 14.1. The van der Waals surface area contributed by atoms with Crippen molar-refractivity contribution in [2.75, 3.05) is 13.1 Å². The van der Waals surface area contributed by atoms with Gasteiger partial charge in [-0.1, -0.05) is 52.9 Å². The Morgan fingerprint density at radius 3 is 2.71 bits per heavy atom. The molecule has 0 bridgehead atoms. The number of carbonyl (C=O) groups excluding carboxylic acids is 1. The van der Waals surface area contributed by atoms with Crippen molar-refractivity contribution < 1.29 is 18.3 Å². The average molecular weight is 407 g/mol. The highest BCUT2D eigenvalue weighted by Gasteiger charge is 2.62. The quantitative estimate of drug-likeness (QED) is 0.551. The molecule has 2 atom stereocenters. The second-order valence-corrected chi connectivity index (χ2v) is 7.92. The number of ether oxygens (including phenoxy) is 1. The number of hydrogen-bond donors (Lipinski definition) is 0. The van der Waals surface area contributed by atoms with Gasteiger partial charge in [0.1, 0.15) is 6.61 Å². The summed E-state index contributed by atoms with van der Waals surface area (Å²) in [5.41, 5.74) is 0.889. The lowest BCUT2D eigenvalue weighted by Crippen LogP contribution is -2.33. The maximum atomic E-state index is 13.8. The summed E-state index contributed by atoms with van der Waals surface area (Å²) in [6, 6.07) is 9.34. The van der Waals surface area contributed by atoms with E-state index in [4.69, 9.17) is 4.74 Å². The van der Waals surface area contributed by atoms with Gasteiger partial charge in [-0.3, -0.25) is 0 Å². The van der Waals surface area contributed by atoms with Crippen molar-refractivity contribution in [2.24, 2.45) is 5.92 Å². The largest absolute Gasteiger partial charge is 0.445 e. The van der Waals surface area contributed by atoms with Gasteiger partial charge < -0.3 is 9.64 Å². The molecule has 0 unspecified atom stereocenters. The Labute approximate surface area is 135 Å². The van der Waals surface area contributed by atoms with Gasteiger partial charge in [-0.25, -0.2) is 13.6 Å². The van der Waals surface area contributed by atoms with E-state index in [1.54, 1.807) is 0 Å². The third kappa shape index (κ3) is 2.86. The van der Waals surface area contributed by atoms with Gasteiger partial charge in [-0.15, -0.1) is 0 Å². The first-order valence-corrected chi connectivity index (χ1v) is 8.01. The van der Waals surface area contributed by atoms with Crippen molar-refractivity contribution in [3.05, 3.63) is 35.9 Å². The summed E-state index contributed by atoms with van der Waals surface area (Å²) in [6.07, 6.45) is -0.124. The van der Waals surface area contributed by atoms with Crippen LogP contribution in [0.4, 0.5) is 13.6 Å². The van der Waals surface area contributed by atoms with Crippen LogP contribution in [0.1, 0.15) is 18.4 Å². The van der Waals surface area contributed by atoms with Crippen LogP contribution in [0.5, 0.6) is 0 Å². The van der Waals surface area contributed by atoms with Crippen LogP contribution in [0.25, 0.3) is 0 Å². The van der Waals surface area contributed by atoms with Gasteiger partial charge in [0.15, 0.2) is 0 Å². The minimum Gasteiger partial charge on any atom is -0.445 e. The van der Waals surface area contributed by atoms with E-state index in [1.807, 2.05) is 30.3 Å². The fourth-order valence-corrected chi connectivity index (χ4v) is 4.47. The molecular formula is C15H16F2INO2. The molecule has 1 aromatic rings. The third-order valence-corrected chi connectivity index (χ3v) is 5.96. The van der Waals surface area contributed by atoms with Gasteiger partial charge in [0.2, 0.25) is 0 Å². The molecule has 1 aromatic carbocycles. The number of alkyl halides is 3. The van der Waals surface area contributed by atoms with Crippen molar-refractivity contribution in [1.29, 1.82) is 0 Å². The maximum Gasteiger partial charge on any atom is 0.410 e. The lowest BCUT2D eigenvalue weighted by molar-refractivity contribution is -0.0367. The molecule has 3 nitrogen and oxygen atoms in total. The third-order valence-electron chi connectivity index (χ3n) is 4.33. The summed E-state index contributed by atoms with van der Waals surface area (Å²) in [6.45, 7) is 0.608. The van der Waals surface area contributed by atoms with Crippen LogP contribution in [0.3, 0.4) is 0 Å². The standard InChI is InChI=1S/C15H16F2INO2/c16-15(17)7-6-14(18)10-19(8-12(14)15)13(20)21-9-11-4-2-1-3-5-11/h1-5,12H,6-10H2/t12-,14-/m1/s1. The molecule has 3 rings (SSSR count). The lowest BCUT2D eigenvalue weighted by atomic mass is 9.99. The number of amides is 1. The molecule has 0 N–H and O–H groups in total. The van der Waals surface area contributed by atoms with E-state index >= 15 is 0 Å². The van der Waals surface area contributed by atoms with Crippen molar-refractivity contribution in [3.8, 4) is 0 Å². The number of fused-ring (bicyclic) bond motifs is 1. The lowest BCUT2D eigenvalue weighted by Gasteiger charge is -2.21. The SMILES string of the molecule is O=C(OCc1ccccc1)N1C[C@H]2C(F)(F)CC[C@@]2(I)C1. The van der Waals surface area contributed by atoms with Crippen LogP contribution in [0.2, 0.25) is 0 Å². The zero-order valence-electron chi connectivity index (χ0n) is 11.4. The molecule has 1 heterocycles. The Hall–Kier alpha value is -0.920. The zero-order valence-corrected chi connectivity index (χ0v) is 13.6. The Balaban J connectivity index is 1.60. The predicted molar refractivity (Wildman–Crippen MR) is 82.6 cm³/mol. The van der Waals surface area contributed by atoms with Crippen molar-refractivity contribution >= 4 is 28.7 Å². The Bertz CT molecular complexity index is 540. The van der Waals surface area contributed by atoms with Crippen molar-refractivity contribution in [2.45, 2.75) is 28.8 Å². The molecule has 2 aliphatic rings. The molecule has 21 heavy (non-hydrogen) atoms. The van der Waals surface area contributed by atoms with E-state index in [0.717, 1.165) is 5.56 Å². The van der Waals surface area contributed by atoms with Crippen molar-refractivity contribution in [1.82, 2.24) is 4.90 Å². The second-order valence-electron chi connectivity index (χ2n) is 5.77. The highest BCUT2D eigenvalue weighted by atomic mass is 127. The van der Waals surface area contributed by atoms with E-state index in [-0.39, 0.29) is 19.6 Å². The molecule has 1 saturated carbocycles. The fraction of sp³-hybridized carbons (Fsp3) is 0.533. The van der Waals surface area contributed by atoms with E-state index in [1.165, 1.54) is 4.90 Å². The molecule has 0 aromatic heterocycles. The smallest absolute Gasteiger partial charge is 0.410 e. The highest BCUT2D eigenvalue weighted by Crippen LogP contribution is 2.55. The summed E-state index contributed by atoms with van der Waals surface area (Å²) in [5, 5.41) is 0. The number of carbonyl (C=O) groups is 1. The van der Waals surface area contributed by atoms with Gasteiger partial charge >= 0.3 is 6.09 Å². The Morgan fingerprint density at radius 1 is 1.33 bits per heavy atom. The van der Waals surface area contributed by atoms with E-state index < -0.39 is 21.4 Å². The number of hydrogen-bond acceptors (Lipinski definition) is 2. The van der Waals surface area contributed by atoms with Gasteiger partial charge in [0.25, 0.3) is 5.92 Å². The number of benzene rings is 1. The van der Waals surface area contributed by atoms with Crippen LogP contribution < -0.4 is 0 Å². The Kier molecular flexibility index (Phi) is 3.83. The molecule has 0 radical (unpaired) electrons. The summed E-state index contributed by atoms with van der Waals surface area (Å²) in [7, 11) is 0. The first-order valence-electron chi connectivity index (χ1n) is 6.93. The number of nitrogens with zero attached hydrogens (tertiary/aromatic N) is 1. The summed E-state index contributed by atoms with van der Waals surface area (Å²) >= 11 is 2.10. The van der Waals surface area contributed by atoms with E-state index in [2.05, 4.69) is 22.6 Å². The van der Waals surface area contributed by atoms with Crippen LogP contribution >= 0.6 is 22.6 Å². The molecule has 2 fully saturated rings. The minimum absolute atomic E-state index is 0.0759. The first kappa shape index (κ1) is 15.0. The fourth-order valence-electron chi connectivity index (χ4n) is 3.14. The van der Waals surface area contributed by atoms with Gasteiger partial charge in [-0.05, 0) is 12.0 Å². The first-order chi connectivity index (χ1) is 9.91. The predicted octanol–water partition coefficient (Wildman–Crippen LogP) is 3.86. The van der Waals surface area contributed by atoms with Crippen LogP contribution in [0.15, 0.2) is 30.3 Å². The van der Waals surface area contributed by atoms with Crippen molar-refractivity contribution in [3.63, 3.8) is 0 Å². The monoisotopic (exact) mass is 407 g/mol. The molecule has 1 aliphatic carbocycles. The van der Waals surface area contributed by atoms with E-state index in [9.17, 15) is 13.6 Å². The molecule has 1 saturated heterocycles. The second kappa shape index (κ2) is 5.37. The molecule has 1 amide bonds.